The summed E-state index contributed by atoms with van der Waals surface area (Å²) in [5.74, 6) is 1.79. The first-order valence-electron chi connectivity index (χ1n) is 6.88. The first kappa shape index (κ1) is 12.8. The van der Waals surface area contributed by atoms with E-state index in [2.05, 4.69) is 42.4 Å². The Morgan fingerprint density at radius 1 is 1.14 bits per heavy atom. The lowest BCUT2D eigenvalue weighted by Gasteiger charge is -2.35. The Hall–Kier alpha value is -1.87. The third-order valence-electron chi connectivity index (χ3n) is 3.80. The Morgan fingerprint density at radius 3 is 2.76 bits per heavy atom. The van der Waals surface area contributed by atoms with Gasteiger partial charge in [0.25, 0.3) is 0 Å². The van der Waals surface area contributed by atoms with Crippen LogP contribution in [0.2, 0.25) is 0 Å². The molecule has 0 aromatic carbocycles. The van der Waals surface area contributed by atoms with Crippen molar-refractivity contribution in [2.45, 2.75) is 17.1 Å². The van der Waals surface area contributed by atoms with Crippen LogP contribution < -0.4 is 10.3 Å². The quantitative estimate of drug-likeness (QED) is 0.650. The van der Waals surface area contributed by atoms with E-state index in [1.807, 2.05) is 11.6 Å². The number of anilines is 2. The first-order valence-corrected chi connectivity index (χ1v) is 7.69. The molecule has 0 aliphatic carbocycles. The minimum atomic E-state index is 0.808. The predicted molar refractivity (Wildman–Crippen MR) is 79.6 cm³/mol. The van der Waals surface area contributed by atoms with Gasteiger partial charge in [-0.25, -0.2) is 14.6 Å². The lowest BCUT2D eigenvalue weighted by atomic mass is 10.3. The number of likely N-dealkylation sites (N-methyl/N-ethyl adjacent to an activating group) is 1. The van der Waals surface area contributed by atoms with E-state index in [9.17, 15) is 0 Å². The zero-order chi connectivity index (χ0) is 14.4. The van der Waals surface area contributed by atoms with Crippen molar-refractivity contribution in [1.29, 1.82) is 0 Å². The lowest BCUT2D eigenvalue weighted by molar-refractivity contribution is 0.312. The van der Waals surface area contributed by atoms with Gasteiger partial charge >= 0.3 is 0 Å². The van der Waals surface area contributed by atoms with E-state index in [1.54, 1.807) is 6.33 Å². The van der Waals surface area contributed by atoms with Crippen LogP contribution in [0.3, 0.4) is 0 Å². The van der Waals surface area contributed by atoms with Crippen LogP contribution in [0.1, 0.15) is 5.82 Å². The van der Waals surface area contributed by atoms with E-state index in [0.717, 1.165) is 53.7 Å². The van der Waals surface area contributed by atoms with Crippen LogP contribution in [0, 0.1) is 6.92 Å². The molecule has 110 valence electrons. The van der Waals surface area contributed by atoms with E-state index >= 15 is 0 Å². The van der Waals surface area contributed by atoms with Gasteiger partial charge in [0.1, 0.15) is 22.9 Å². The maximum Gasteiger partial charge on any atom is 0.216 e. The molecule has 2 aromatic heterocycles. The molecule has 0 saturated carbocycles. The predicted octanol–water partition coefficient (Wildman–Crippen LogP) is 0.468. The molecule has 4 rings (SSSR count). The Morgan fingerprint density at radius 2 is 1.95 bits per heavy atom. The molecular formula is C12H16N8S. The number of aromatic nitrogens is 5. The van der Waals surface area contributed by atoms with Gasteiger partial charge in [0, 0.05) is 26.2 Å². The van der Waals surface area contributed by atoms with Crippen molar-refractivity contribution in [3.05, 3.63) is 12.2 Å². The van der Waals surface area contributed by atoms with Gasteiger partial charge in [-0.05, 0) is 25.7 Å². The number of fused-ring (bicyclic) bond motifs is 2. The van der Waals surface area contributed by atoms with Crippen LogP contribution in [0.5, 0.6) is 0 Å². The van der Waals surface area contributed by atoms with Gasteiger partial charge in [-0.15, -0.1) is 10.2 Å². The van der Waals surface area contributed by atoms with Gasteiger partial charge in [0.2, 0.25) is 5.16 Å². The molecule has 2 aliphatic heterocycles. The SMILES string of the molecule is Cc1nnc2n1Nc1c(ncnc1N1CCN(C)CC1)S2. The summed E-state index contributed by atoms with van der Waals surface area (Å²) in [5, 5.41) is 9.94. The third kappa shape index (κ3) is 2.12. The van der Waals surface area contributed by atoms with Crippen molar-refractivity contribution >= 4 is 23.3 Å². The Labute approximate surface area is 126 Å². The highest BCUT2D eigenvalue weighted by atomic mass is 32.2. The van der Waals surface area contributed by atoms with Gasteiger partial charge < -0.3 is 9.80 Å². The molecule has 0 atom stereocenters. The van der Waals surface area contributed by atoms with Gasteiger partial charge in [0.05, 0.1) is 0 Å². The van der Waals surface area contributed by atoms with Crippen LogP contribution in [0.4, 0.5) is 11.5 Å². The minimum Gasteiger partial charge on any atom is -0.352 e. The average molecular weight is 304 g/mol. The van der Waals surface area contributed by atoms with E-state index in [4.69, 9.17) is 0 Å². The molecule has 9 heteroatoms. The van der Waals surface area contributed by atoms with Crippen molar-refractivity contribution in [1.82, 2.24) is 29.7 Å². The number of nitrogens with one attached hydrogen (secondary N) is 1. The normalized spacial score (nSPS) is 18.1. The van der Waals surface area contributed by atoms with Crippen molar-refractivity contribution in [3.8, 4) is 0 Å². The van der Waals surface area contributed by atoms with Crippen LogP contribution in [-0.4, -0.2) is 63.0 Å². The number of nitrogens with zero attached hydrogens (tertiary/aromatic N) is 7. The van der Waals surface area contributed by atoms with Crippen molar-refractivity contribution < 1.29 is 0 Å². The summed E-state index contributed by atoms with van der Waals surface area (Å²) in [4.78, 5) is 13.5. The van der Waals surface area contributed by atoms with Gasteiger partial charge in [-0.2, -0.15) is 0 Å². The summed E-state index contributed by atoms with van der Waals surface area (Å²) >= 11 is 1.52. The fraction of sp³-hybridized carbons (Fsp3) is 0.500. The van der Waals surface area contributed by atoms with E-state index in [1.165, 1.54) is 11.8 Å². The zero-order valence-corrected chi connectivity index (χ0v) is 12.8. The molecule has 0 amide bonds. The third-order valence-corrected chi connectivity index (χ3v) is 4.75. The first-order chi connectivity index (χ1) is 10.2. The summed E-state index contributed by atoms with van der Waals surface area (Å²) in [6, 6.07) is 0. The molecule has 0 radical (unpaired) electrons. The monoisotopic (exact) mass is 304 g/mol. The molecule has 4 heterocycles. The molecule has 0 spiro atoms. The molecule has 8 nitrogen and oxygen atoms in total. The number of hydrogen-bond acceptors (Lipinski definition) is 8. The summed E-state index contributed by atoms with van der Waals surface area (Å²) in [7, 11) is 2.15. The molecule has 21 heavy (non-hydrogen) atoms. The van der Waals surface area contributed by atoms with E-state index < -0.39 is 0 Å². The van der Waals surface area contributed by atoms with Crippen LogP contribution in [-0.2, 0) is 0 Å². The fourth-order valence-corrected chi connectivity index (χ4v) is 3.39. The Balaban J connectivity index is 1.70. The Kier molecular flexibility index (Phi) is 2.96. The summed E-state index contributed by atoms with van der Waals surface area (Å²) in [6.45, 7) is 5.96. The molecule has 0 unspecified atom stereocenters. The standard InChI is InChI=1S/C12H16N8S/c1-8-15-16-12-20(8)17-9-10(13-7-14-11(9)21-12)19-5-3-18(2)4-6-19/h7,17H,3-6H2,1-2H3. The second-order valence-electron chi connectivity index (χ2n) is 5.25. The topological polar surface area (TPSA) is 75.0 Å². The maximum absolute atomic E-state index is 4.49. The van der Waals surface area contributed by atoms with E-state index in [-0.39, 0.29) is 0 Å². The van der Waals surface area contributed by atoms with Gasteiger partial charge in [-0.3, -0.25) is 5.43 Å². The van der Waals surface area contributed by atoms with Crippen molar-refractivity contribution in [2.75, 3.05) is 43.6 Å². The Bertz CT molecular complexity index is 676. The molecule has 2 aliphatic rings. The number of hydrogen-bond donors (Lipinski definition) is 1. The number of piperazine rings is 1. The second-order valence-corrected chi connectivity index (χ2v) is 6.20. The molecule has 1 saturated heterocycles. The highest BCUT2D eigenvalue weighted by Gasteiger charge is 2.27. The molecule has 0 bridgehead atoms. The molecule has 2 aromatic rings. The zero-order valence-electron chi connectivity index (χ0n) is 11.9. The average Bonchev–Trinajstić information content (AvgIpc) is 2.86. The van der Waals surface area contributed by atoms with Gasteiger partial charge in [-0.1, -0.05) is 0 Å². The fourth-order valence-electron chi connectivity index (χ4n) is 2.53. The molecule has 1 N–H and O–H groups in total. The maximum atomic E-state index is 4.49. The second kappa shape index (κ2) is 4.85. The highest BCUT2D eigenvalue weighted by molar-refractivity contribution is 7.99. The minimum absolute atomic E-state index is 0.808. The smallest absolute Gasteiger partial charge is 0.216 e. The summed E-state index contributed by atoms with van der Waals surface area (Å²) < 4.78 is 1.88. The van der Waals surface area contributed by atoms with Crippen LogP contribution >= 0.6 is 11.8 Å². The summed E-state index contributed by atoms with van der Waals surface area (Å²) in [5.41, 5.74) is 4.30. The number of rotatable bonds is 1. The van der Waals surface area contributed by atoms with E-state index in [0.29, 0.717) is 0 Å². The molecular weight excluding hydrogens is 288 g/mol. The number of aryl methyl sites for hydroxylation is 1. The van der Waals surface area contributed by atoms with Crippen LogP contribution in [0.15, 0.2) is 16.5 Å². The van der Waals surface area contributed by atoms with Crippen LogP contribution in [0.25, 0.3) is 0 Å². The van der Waals surface area contributed by atoms with Crippen molar-refractivity contribution in [2.24, 2.45) is 0 Å². The van der Waals surface area contributed by atoms with Gasteiger partial charge in [0.15, 0.2) is 5.82 Å². The molecule has 1 fully saturated rings. The van der Waals surface area contributed by atoms with Crippen molar-refractivity contribution in [3.63, 3.8) is 0 Å². The summed E-state index contributed by atoms with van der Waals surface area (Å²) in [6.07, 6.45) is 1.63. The lowest BCUT2D eigenvalue weighted by Crippen LogP contribution is -2.45. The highest BCUT2D eigenvalue weighted by Crippen LogP contribution is 2.39. The largest absolute Gasteiger partial charge is 0.352 e.